The Morgan fingerprint density at radius 3 is 2.24 bits per heavy atom. The molecule has 0 spiro atoms. The van der Waals surface area contributed by atoms with Gasteiger partial charge in [0.05, 0.1) is 0 Å². The summed E-state index contributed by atoms with van der Waals surface area (Å²) in [6.07, 6.45) is 1.26. The topological polar surface area (TPSA) is 93.7 Å². The number of carbonyl (C=O) groups is 3. The van der Waals surface area contributed by atoms with Gasteiger partial charge in [-0.2, -0.15) is 0 Å². The van der Waals surface area contributed by atoms with Crippen molar-refractivity contribution >= 4 is 45.1 Å². The minimum Gasteiger partial charge on any atom is -0.457 e. The number of nitrogens with one attached hydrogen (secondary N) is 2. The predicted molar refractivity (Wildman–Crippen MR) is 148 cm³/mol. The first-order valence-corrected chi connectivity index (χ1v) is 12.9. The first-order chi connectivity index (χ1) is 17.7. The molecule has 8 heteroatoms. The van der Waals surface area contributed by atoms with Crippen molar-refractivity contribution in [3.05, 3.63) is 81.8 Å². The molecule has 0 aliphatic carbocycles. The molecule has 0 saturated carbocycles. The maximum absolute atomic E-state index is 12.2. The van der Waals surface area contributed by atoms with Crippen molar-refractivity contribution in [1.82, 2.24) is 0 Å². The maximum atomic E-state index is 12.2. The van der Waals surface area contributed by atoms with E-state index in [9.17, 15) is 14.4 Å². The Labute approximate surface area is 225 Å². The van der Waals surface area contributed by atoms with E-state index in [-0.39, 0.29) is 25.4 Å². The van der Waals surface area contributed by atoms with E-state index in [0.717, 1.165) is 27.8 Å². The summed E-state index contributed by atoms with van der Waals surface area (Å²) in [5.74, 6) is 0.272. The van der Waals surface area contributed by atoms with Gasteiger partial charge in [-0.3, -0.25) is 14.4 Å². The largest absolute Gasteiger partial charge is 0.457 e. The van der Waals surface area contributed by atoms with Gasteiger partial charge in [0, 0.05) is 28.7 Å². The first kappa shape index (κ1) is 27.9. The Bertz CT molecular complexity index is 1260. The van der Waals surface area contributed by atoms with Crippen molar-refractivity contribution < 1.29 is 23.9 Å². The zero-order valence-corrected chi connectivity index (χ0v) is 22.8. The van der Waals surface area contributed by atoms with Crippen LogP contribution in [-0.4, -0.2) is 24.4 Å². The minimum absolute atomic E-state index is 0.0436. The highest BCUT2D eigenvalue weighted by molar-refractivity contribution is 9.10. The molecular formula is C29H31BrN2O5. The van der Waals surface area contributed by atoms with Crippen molar-refractivity contribution in [2.75, 3.05) is 17.2 Å². The van der Waals surface area contributed by atoms with E-state index >= 15 is 0 Å². The van der Waals surface area contributed by atoms with Gasteiger partial charge >= 0.3 is 5.97 Å². The Kier molecular flexibility index (Phi) is 10.3. The molecule has 3 rings (SSSR count). The van der Waals surface area contributed by atoms with Crippen LogP contribution >= 0.6 is 15.9 Å². The molecule has 7 nitrogen and oxygen atoms in total. The fourth-order valence-electron chi connectivity index (χ4n) is 3.52. The van der Waals surface area contributed by atoms with Crippen LogP contribution < -0.4 is 15.4 Å². The lowest BCUT2D eigenvalue weighted by Crippen LogP contribution is -2.21. The molecule has 0 aliphatic heterocycles. The van der Waals surface area contributed by atoms with Gasteiger partial charge in [0.1, 0.15) is 11.5 Å². The number of aryl methyl sites for hydroxylation is 3. The molecule has 0 heterocycles. The summed E-state index contributed by atoms with van der Waals surface area (Å²) in [4.78, 5) is 36.3. The molecule has 3 aromatic rings. The lowest BCUT2D eigenvalue weighted by atomic mass is 10.1. The number of benzene rings is 3. The lowest BCUT2D eigenvalue weighted by Gasteiger charge is -2.11. The highest BCUT2D eigenvalue weighted by Crippen LogP contribution is 2.25. The van der Waals surface area contributed by atoms with Gasteiger partial charge in [0.25, 0.3) is 5.91 Å². The zero-order chi connectivity index (χ0) is 26.8. The number of carbonyl (C=O) groups excluding carboxylic acids is 3. The number of anilines is 2. The van der Waals surface area contributed by atoms with Gasteiger partial charge in [0.15, 0.2) is 6.61 Å². The highest BCUT2D eigenvalue weighted by Gasteiger charge is 2.11. The van der Waals surface area contributed by atoms with Gasteiger partial charge in [-0.1, -0.05) is 28.9 Å². The molecule has 0 bridgehead atoms. The third-order valence-electron chi connectivity index (χ3n) is 5.72. The van der Waals surface area contributed by atoms with Crippen LogP contribution in [0.1, 0.15) is 42.9 Å². The van der Waals surface area contributed by atoms with Crippen molar-refractivity contribution in [3.63, 3.8) is 0 Å². The molecule has 0 atom stereocenters. The van der Waals surface area contributed by atoms with Crippen LogP contribution in [0.15, 0.2) is 65.1 Å². The summed E-state index contributed by atoms with van der Waals surface area (Å²) in [5.41, 5.74) is 4.65. The van der Waals surface area contributed by atoms with Crippen LogP contribution in [0.4, 0.5) is 11.4 Å². The summed E-state index contributed by atoms with van der Waals surface area (Å²) < 4.78 is 11.8. The van der Waals surface area contributed by atoms with Crippen LogP contribution in [0.5, 0.6) is 11.5 Å². The van der Waals surface area contributed by atoms with Crippen LogP contribution in [0.3, 0.4) is 0 Å². The van der Waals surface area contributed by atoms with E-state index in [1.54, 1.807) is 30.3 Å². The average molecular weight is 567 g/mol. The van der Waals surface area contributed by atoms with E-state index in [1.165, 1.54) is 5.56 Å². The van der Waals surface area contributed by atoms with Crippen LogP contribution in [0.25, 0.3) is 0 Å². The molecule has 3 aromatic carbocycles. The molecule has 2 amide bonds. The number of amides is 2. The predicted octanol–water partition coefficient (Wildman–Crippen LogP) is 6.71. The molecule has 0 fully saturated rings. The standard InChI is InChI=1S/C29H31BrN2O5/c1-4-21-17-22(30)9-15-26(21)32-28(34)18-36-29(35)7-5-6-27(33)31-23-10-13-24(14-11-23)37-25-12-8-19(2)20(3)16-25/h8-17H,4-7,18H2,1-3H3,(H,31,33)(H,32,34). The minimum atomic E-state index is -0.526. The number of halogens is 1. The van der Waals surface area contributed by atoms with E-state index < -0.39 is 11.9 Å². The Hall–Kier alpha value is -3.65. The molecule has 0 aliphatic rings. The van der Waals surface area contributed by atoms with Gasteiger partial charge in [-0.25, -0.2) is 0 Å². The molecule has 194 valence electrons. The molecule has 0 radical (unpaired) electrons. The fraction of sp³-hybridized carbons (Fsp3) is 0.276. The summed E-state index contributed by atoms with van der Waals surface area (Å²) in [7, 11) is 0. The van der Waals surface area contributed by atoms with E-state index in [2.05, 4.69) is 26.6 Å². The highest BCUT2D eigenvalue weighted by atomic mass is 79.9. The van der Waals surface area contributed by atoms with Crippen LogP contribution in [0.2, 0.25) is 0 Å². The number of hydrogen-bond donors (Lipinski definition) is 2. The SMILES string of the molecule is CCc1cc(Br)ccc1NC(=O)COC(=O)CCCC(=O)Nc1ccc(Oc2ccc(C)c(C)c2)cc1. The summed E-state index contributed by atoms with van der Waals surface area (Å²) in [5, 5.41) is 5.56. The van der Waals surface area contributed by atoms with Gasteiger partial charge in [0.2, 0.25) is 5.91 Å². The van der Waals surface area contributed by atoms with E-state index in [1.807, 2.05) is 51.1 Å². The van der Waals surface area contributed by atoms with Crippen molar-refractivity contribution in [2.24, 2.45) is 0 Å². The van der Waals surface area contributed by atoms with Crippen LogP contribution in [-0.2, 0) is 25.5 Å². The number of esters is 1. The molecule has 0 saturated heterocycles. The lowest BCUT2D eigenvalue weighted by molar-refractivity contribution is -0.147. The number of rotatable bonds is 11. The Balaban J connectivity index is 1.35. The molecule has 0 aromatic heterocycles. The molecule has 37 heavy (non-hydrogen) atoms. The smallest absolute Gasteiger partial charge is 0.306 e. The second kappa shape index (κ2) is 13.6. The van der Waals surface area contributed by atoms with Gasteiger partial charge in [-0.15, -0.1) is 0 Å². The third kappa shape index (κ3) is 9.06. The summed E-state index contributed by atoms with van der Waals surface area (Å²) >= 11 is 3.41. The zero-order valence-electron chi connectivity index (χ0n) is 21.2. The second-order valence-electron chi connectivity index (χ2n) is 8.64. The third-order valence-corrected chi connectivity index (χ3v) is 6.22. The van der Waals surface area contributed by atoms with Crippen molar-refractivity contribution in [3.8, 4) is 11.5 Å². The summed E-state index contributed by atoms with van der Waals surface area (Å²) in [6.45, 7) is 5.70. The number of hydrogen-bond acceptors (Lipinski definition) is 5. The normalized spacial score (nSPS) is 10.5. The quantitative estimate of drug-likeness (QED) is 0.251. The van der Waals surface area contributed by atoms with Crippen LogP contribution in [0, 0.1) is 13.8 Å². The van der Waals surface area contributed by atoms with Crippen molar-refractivity contribution in [1.29, 1.82) is 0 Å². The monoisotopic (exact) mass is 566 g/mol. The molecule has 0 unspecified atom stereocenters. The maximum Gasteiger partial charge on any atom is 0.306 e. The summed E-state index contributed by atoms with van der Waals surface area (Å²) in [6, 6.07) is 18.6. The average Bonchev–Trinajstić information content (AvgIpc) is 2.87. The Morgan fingerprint density at radius 2 is 1.54 bits per heavy atom. The Morgan fingerprint density at radius 1 is 0.811 bits per heavy atom. The van der Waals surface area contributed by atoms with E-state index in [0.29, 0.717) is 23.5 Å². The van der Waals surface area contributed by atoms with Gasteiger partial charge in [-0.05, 0) is 98.0 Å². The van der Waals surface area contributed by atoms with Gasteiger partial charge < -0.3 is 20.1 Å². The first-order valence-electron chi connectivity index (χ1n) is 12.1. The van der Waals surface area contributed by atoms with Crippen molar-refractivity contribution in [2.45, 2.75) is 46.5 Å². The van der Waals surface area contributed by atoms with E-state index in [4.69, 9.17) is 9.47 Å². The molecular weight excluding hydrogens is 536 g/mol. The number of ether oxygens (including phenoxy) is 2. The second-order valence-corrected chi connectivity index (χ2v) is 9.55. The molecule has 2 N–H and O–H groups in total. The fourth-order valence-corrected chi connectivity index (χ4v) is 3.93.